The number of hydrogen-bond donors (Lipinski definition) is 4. The Morgan fingerprint density at radius 3 is 2.39 bits per heavy atom. The number of imidazole rings is 1. The standard InChI is InChI=1S/C24H28Cl3N7O2/c25-13-9-15(26)20(16(27)10-13)32-24-31-18-11-29-23(30-17-3-1-2-4-19(17)35)33-22(18)34(24)14-7-5-12(6-8-14)21(28)36/h9-12,14,17,19,35H,1-8H2,(H2,28,36)(H,31,32)(H,29,30,33)/t12-,14+,17-,19-/m1/s1. The topological polar surface area (TPSA) is 131 Å². The van der Waals surface area contributed by atoms with E-state index in [0.29, 0.717) is 56.7 Å². The average molecular weight is 553 g/mol. The van der Waals surface area contributed by atoms with E-state index >= 15 is 0 Å². The number of amides is 1. The molecular formula is C24H28Cl3N7O2. The Hall–Kier alpha value is -2.33. The molecule has 0 saturated heterocycles. The van der Waals surface area contributed by atoms with Crippen molar-refractivity contribution in [2.45, 2.75) is 69.6 Å². The van der Waals surface area contributed by atoms with Crippen molar-refractivity contribution in [3.05, 3.63) is 33.4 Å². The van der Waals surface area contributed by atoms with Gasteiger partial charge in [-0.05, 0) is 50.7 Å². The van der Waals surface area contributed by atoms with Gasteiger partial charge in [-0.25, -0.2) is 9.97 Å². The minimum atomic E-state index is -0.432. The predicted octanol–water partition coefficient (Wildman–Crippen LogP) is 5.46. The Bertz CT molecular complexity index is 1250. The lowest BCUT2D eigenvalue weighted by Crippen LogP contribution is -2.36. The Balaban J connectivity index is 1.53. The van der Waals surface area contributed by atoms with Gasteiger partial charge in [0.05, 0.1) is 34.1 Å². The van der Waals surface area contributed by atoms with E-state index in [0.717, 1.165) is 38.5 Å². The lowest BCUT2D eigenvalue weighted by atomic mass is 9.85. The van der Waals surface area contributed by atoms with E-state index in [-0.39, 0.29) is 23.9 Å². The lowest BCUT2D eigenvalue weighted by molar-refractivity contribution is -0.122. The zero-order valence-electron chi connectivity index (χ0n) is 19.6. The first-order valence-corrected chi connectivity index (χ1v) is 13.3. The Labute approximate surface area is 223 Å². The largest absolute Gasteiger partial charge is 0.391 e. The van der Waals surface area contributed by atoms with E-state index in [4.69, 9.17) is 50.5 Å². The fraction of sp³-hybridized carbons (Fsp3) is 0.500. The molecule has 9 nitrogen and oxygen atoms in total. The molecule has 2 aliphatic carbocycles. The molecule has 0 radical (unpaired) electrons. The molecule has 0 aliphatic heterocycles. The van der Waals surface area contributed by atoms with Gasteiger partial charge in [-0.15, -0.1) is 0 Å². The van der Waals surface area contributed by atoms with Crippen LogP contribution in [0.4, 0.5) is 17.6 Å². The van der Waals surface area contributed by atoms with E-state index in [1.807, 2.05) is 4.57 Å². The van der Waals surface area contributed by atoms with Crippen LogP contribution in [0.2, 0.25) is 15.1 Å². The van der Waals surface area contributed by atoms with Crippen LogP contribution in [0.5, 0.6) is 0 Å². The summed E-state index contributed by atoms with van der Waals surface area (Å²) in [6, 6.07) is 3.16. The molecule has 12 heteroatoms. The van der Waals surface area contributed by atoms with Crippen molar-refractivity contribution >= 4 is 69.5 Å². The third-order valence-corrected chi connectivity index (χ3v) is 8.00. The van der Waals surface area contributed by atoms with Crippen molar-refractivity contribution in [2.75, 3.05) is 10.6 Å². The zero-order valence-corrected chi connectivity index (χ0v) is 21.8. The lowest BCUT2D eigenvalue weighted by Gasteiger charge is -2.29. The molecule has 1 aromatic carbocycles. The average Bonchev–Trinajstić information content (AvgIpc) is 3.20. The Morgan fingerprint density at radius 1 is 1.03 bits per heavy atom. The van der Waals surface area contributed by atoms with Crippen molar-refractivity contribution in [1.29, 1.82) is 0 Å². The first kappa shape index (κ1) is 25.3. The molecule has 1 amide bonds. The molecule has 192 valence electrons. The van der Waals surface area contributed by atoms with Gasteiger partial charge in [0.1, 0.15) is 5.52 Å². The fourth-order valence-corrected chi connectivity index (χ4v) is 6.14. The van der Waals surface area contributed by atoms with E-state index in [2.05, 4.69) is 15.6 Å². The van der Waals surface area contributed by atoms with E-state index < -0.39 is 6.10 Å². The zero-order chi connectivity index (χ0) is 25.4. The molecule has 2 atom stereocenters. The molecule has 36 heavy (non-hydrogen) atoms. The van der Waals surface area contributed by atoms with Gasteiger partial charge in [-0.3, -0.25) is 9.36 Å². The minimum Gasteiger partial charge on any atom is -0.391 e. The number of carbonyl (C=O) groups is 1. The molecule has 5 rings (SSSR count). The van der Waals surface area contributed by atoms with Gasteiger partial charge < -0.3 is 21.5 Å². The maximum Gasteiger partial charge on any atom is 0.225 e. The van der Waals surface area contributed by atoms with Crippen LogP contribution in [0.15, 0.2) is 18.3 Å². The van der Waals surface area contributed by atoms with E-state index in [1.165, 1.54) is 0 Å². The van der Waals surface area contributed by atoms with Crippen LogP contribution in [0.25, 0.3) is 11.2 Å². The number of carbonyl (C=O) groups excluding carboxylic acids is 1. The number of aromatic nitrogens is 4. The Morgan fingerprint density at radius 2 is 1.72 bits per heavy atom. The molecular weight excluding hydrogens is 525 g/mol. The van der Waals surface area contributed by atoms with E-state index in [9.17, 15) is 9.90 Å². The number of halogens is 3. The maximum atomic E-state index is 11.7. The normalized spacial score (nSPS) is 24.6. The number of nitrogens with one attached hydrogen (secondary N) is 2. The van der Waals surface area contributed by atoms with Crippen molar-refractivity contribution in [3.63, 3.8) is 0 Å². The number of hydrogen-bond acceptors (Lipinski definition) is 7. The van der Waals surface area contributed by atoms with Crippen molar-refractivity contribution in [1.82, 2.24) is 19.5 Å². The summed E-state index contributed by atoms with van der Waals surface area (Å²) in [5.41, 5.74) is 7.29. The monoisotopic (exact) mass is 551 g/mol. The molecule has 5 N–H and O–H groups in total. The number of primary amides is 1. The number of aliphatic hydroxyl groups is 1. The van der Waals surface area contributed by atoms with Crippen LogP contribution >= 0.6 is 34.8 Å². The first-order valence-electron chi connectivity index (χ1n) is 12.2. The summed E-state index contributed by atoms with van der Waals surface area (Å²) in [5, 5.41) is 18.1. The molecule has 2 aliphatic rings. The van der Waals surface area contributed by atoms with Crippen molar-refractivity contribution in [2.24, 2.45) is 11.7 Å². The van der Waals surface area contributed by atoms with Crippen LogP contribution in [-0.2, 0) is 4.79 Å². The summed E-state index contributed by atoms with van der Waals surface area (Å²) in [4.78, 5) is 25.7. The smallest absolute Gasteiger partial charge is 0.225 e. The molecule has 0 unspecified atom stereocenters. The first-order chi connectivity index (χ1) is 17.3. The third kappa shape index (κ3) is 5.20. The van der Waals surface area contributed by atoms with E-state index in [1.54, 1.807) is 18.3 Å². The molecule has 2 aromatic heterocycles. The van der Waals surface area contributed by atoms with Crippen LogP contribution in [0.3, 0.4) is 0 Å². The van der Waals surface area contributed by atoms with Gasteiger partial charge in [0.25, 0.3) is 0 Å². The van der Waals surface area contributed by atoms with Crippen molar-refractivity contribution in [3.8, 4) is 0 Å². The fourth-order valence-electron chi connectivity index (χ4n) is 5.23. The van der Waals surface area contributed by atoms with Gasteiger partial charge in [0.15, 0.2) is 5.65 Å². The maximum absolute atomic E-state index is 11.7. The quantitative estimate of drug-likeness (QED) is 0.319. The number of nitrogens with zero attached hydrogens (tertiary/aromatic N) is 4. The van der Waals surface area contributed by atoms with Gasteiger partial charge in [-0.1, -0.05) is 47.6 Å². The third-order valence-electron chi connectivity index (χ3n) is 7.18. The number of nitrogens with two attached hydrogens (primary N) is 1. The van der Waals surface area contributed by atoms with Gasteiger partial charge in [0, 0.05) is 17.0 Å². The van der Waals surface area contributed by atoms with Crippen LogP contribution < -0.4 is 16.4 Å². The summed E-state index contributed by atoms with van der Waals surface area (Å²) in [6.45, 7) is 0. The molecule has 2 fully saturated rings. The number of aliphatic hydroxyl groups excluding tert-OH is 1. The Kier molecular flexibility index (Phi) is 7.44. The number of benzene rings is 1. The highest BCUT2D eigenvalue weighted by Gasteiger charge is 2.30. The summed E-state index contributed by atoms with van der Waals surface area (Å²) < 4.78 is 2.03. The summed E-state index contributed by atoms with van der Waals surface area (Å²) in [5.74, 6) is 0.562. The summed E-state index contributed by atoms with van der Waals surface area (Å²) in [6.07, 6.45) is 7.78. The van der Waals surface area contributed by atoms with Gasteiger partial charge in [-0.2, -0.15) is 4.98 Å². The number of fused-ring (bicyclic) bond motifs is 1. The molecule has 0 spiro atoms. The van der Waals surface area contributed by atoms with Crippen LogP contribution in [0, 0.1) is 5.92 Å². The highest BCUT2D eigenvalue weighted by Crippen LogP contribution is 2.40. The minimum absolute atomic E-state index is 0.0287. The number of rotatable bonds is 6. The predicted molar refractivity (Wildman–Crippen MR) is 142 cm³/mol. The second kappa shape index (κ2) is 10.6. The molecule has 0 bridgehead atoms. The second-order valence-electron chi connectivity index (χ2n) is 9.59. The molecule has 2 heterocycles. The molecule has 3 aromatic rings. The molecule has 2 saturated carbocycles. The summed E-state index contributed by atoms with van der Waals surface area (Å²) >= 11 is 19.0. The van der Waals surface area contributed by atoms with Gasteiger partial charge in [0.2, 0.25) is 17.8 Å². The second-order valence-corrected chi connectivity index (χ2v) is 10.8. The van der Waals surface area contributed by atoms with Crippen LogP contribution in [-0.4, -0.2) is 42.7 Å². The van der Waals surface area contributed by atoms with Gasteiger partial charge >= 0.3 is 0 Å². The SMILES string of the molecule is NC(=O)[C@H]1CC[C@@H](n2c(Nc3c(Cl)cc(Cl)cc3Cl)nc3cnc(N[C@@H]4CCCC[C@H]4O)nc32)CC1. The van der Waals surface area contributed by atoms with Crippen LogP contribution in [0.1, 0.15) is 57.4 Å². The summed E-state index contributed by atoms with van der Waals surface area (Å²) in [7, 11) is 0. The highest BCUT2D eigenvalue weighted by molar-refractivity contribution is 6.41. The van der Waals surface area contributed by atoms with Crippen molar-refractivity contribution < 1.29 is 9.90 Å². The number of anilines is 3. The highest BCUT2D eigenvalue weighted by atomic mass is 35.5.